The highest BCUT2D eigenvalue weighted by Gasteiger charge is 2.32. The van der Waals surface area contributed by atoms with Crippen LogP contribution in [-0.4, -0.2) is 14.9 Å². The predicted molar refractivity (Wildman–Crippen MR) is 62.0 cm³/mol. The van der Waals surface area contributed by atoms with Gasteiger partial charge in [-0.1, -0.05) is 0 Å². The van der Waals surface area contributed by atoms with Crippen LogP contribution in [0.15, 0.2) is 35.1 Å². The largest absolute Gasteiger partial charge is 0.431 e. The lowest BCUT2D eigenvalue weighted by Gasteiger charge is -2.07. The number of hydrogen-bond acceptors (Lipinski definition) is 4. The van der Waals surface area contributed by atoms with Crippen molar-refractivity contribution in [1.29, 1.82) is 0 Å². The van der Waals surface area contributed by atoms with E-state index in [2.05, 4.69) is 4.98 Å². The van der Waals surface area contributed by atoms with Crippen molar-refractivity contribution in [1.82, 2.24) is 9.97 Å². The molecule has 0 saturated heterocycles. The first-order valence-electron chi connectivity index (χ1n) is 5.21. The third-order valence-corrected chi connectivity index (χ3v) is 2.42. The number of aromatic amines is 1. The van der Waals surface area contributed by atoms with Gasteiger partial charge < -0.3 is 4.98 Å². The molecule has 20 heavy (non-hydrogen) atoms. The van der Waals surface area contributed by atoms with Gasteiger partial charge in [-0.25, -0.2) is 4.79 Å². The van der Waals surface area contributed by atoms with Crippen molar-refractivity contribution in [2.45, 2.75) is 6.18 Å². The standard InChI is InChI=1S/C11H6F3N3O3/c12-11(13,14)9-5-8(15-10(18)16-9)6-1-3-7(4-2-6)17(19)20/h1-5H,(H,15,16,18). The number of nitrogens with zero attached hydrogens (tertiary/aromatic N) is 2. The van der Waals surface area contributed by atoms with Gasteiger partial charge in [0, 0.05) is 17.7 Å². The zero-order chi connectivity index (χ0) is 14.9. The molecule has 0 amide bonds. The third kappa shape index (κ3) is 2.82. The maximum atomic E-state index is 12.5. The summed E-state index contributed by atoms with van der Waals surface area (Å²) in [7, 11) is 0. The van der Waals surface area contributed by atoms with Crippen molar-refractivity contribution < 1.29 is 18.1 Å². The number of halogens is 3. The quantitative estimate of drug-likeness (QED) is 0.677. The Bertz CT molecular complexity index is 707. The molecule has 0 aliphatic heterocycles. The number of H-pyrrole nitrogens is 1. The zero-order valence-electron chi connectivity index (χ0n) is 9.64. The highest BCUT2D eigenvalue weighted by Crippen LogP contribution is 2.29. The summed E-state index contributed by atoms with van der Waals surface area (Å²) in [6.45, 7) is 0. The molecule has 0 fully saturated rings. The predicted octanol–water partition coefficient (Wildman–Crippen LogP) is 2.36. The number of non-ortho nitro benzene ring substituents is 1. The van der Waals surface area contributed by atoms with E-state index in [1.165, 1.54) is 12.1 Å². The number of hydrogen-bond donors (Lipinski definition) is 1. The molecule has 1 heterocycles. The van der Waals surface area contributed by atoms with Gasteiger partial charge in [0.1, 0.15) is 5.69 Å². The van der Waals surface area contributed by atoms with Gasteiger partial charge in [0.2, 0.25) is 0 Å². The van der Waals surface area contributed by atoms with Crippen molar-refractivity contribution in [2.24, 2.45) is 0 Å². The van der Waals surface area contributed by atoms with Crippen LogP contribution in [0.3, 0.4) is 0 Å². The van der Waals surface area contributed by atoms with Gasteiger partial charge in [-0.3, -0.25) is 10.1 Å². The van der Waals surface area contributed by atoms with Crippen molar-refractivity contribution in [3.63, 3.8) is 0 Å². The van der Waals surface area contributed by atoms with E-state index in [4.69, 9.17) is 0 Å². The molecule has 6 nitrogen and oxygen atoms in total. The third-order valence-electron chi connectivity index (χ3n) is 2.42. The van der Waals surface area contributed by atoms with Crippen molar-refractivity contribution in [2.75, 3.05) is 0 Å². The minimum Gasteiger partial charge on any atom is -0.302 e. The minimum atomic E-state index is -4.71. The topological polar surface area (TPSA) is 88.9 Å². The molecular formula is C11H6F3N3O3. The van der Waals surface area contributed by atoms with Crippen LogP contribution in [-0.2, 0) is 6.18 Å². The van der Waals surface area contributed by atoms with Crippen LogP contribution >= 0.6 is 0 Å². The smallest absolute Gasteiger partial charge is 0.302 e. The summed E-state index contributed by atoms with van der Waals surface area (Å²) in [5, 5.41) is 10.5. The fraction of sp³-hybridized carbons (Fsp3) is 0.0909. The van der Waals surface area contributed by atoms with E-state index in [0.717, 1.165) is 12.1 Å². The van der Waals surface area contributed by atoms with Crippen molar-refractivity contribution >= 4 is 5.69 Å². The molecule has 0 aliphatic carbocycles. The Hall–Kier alpha value is -2.71. The maximum Gasteiger partial charge on any atom is 0.431 e. The molecule has 1 aromatic carbocycles. The molecule has 1 N–H and O–H groups in total. The molecule has 2 rings (SSSR count). The SMILES string of the molecule is O=c1nc(-c2ccc([N+](=O)[O-])cc2)cc(C(F)(F)F)[nH]1. The van der Waals surface area contributed by atoms with Crippen LogP contribution in [0.2, 0.25) is 0 Å². The van der Waals surface area contributed by atoms with Gasteiger partial charge in [-0.05, 0) is 18.2 Å². The van der Waals surface area contributed by atoms with Crippen LogP contribution in [0.4, 0.5) is 18.9 Å². The normalized spacial score (nSPS) is 11.3. The van der Waals surface area contributed by atoms with Crippen molar-refractivity contribution in [3.8, 4) is 11.3 Å². The lowest BCUT2D eigenvalue weighted by molar-refractivity contribution is -0.384. The second kappa shape index (κ2) is 4.76. The van der Waals surface area contributed by atoms with Crippen LogP contribution in [0, 0.1) is 10.1 Å². The molecule has 0 atom stereocenters. The second-order valence-corrected chi connectivity index (χ2v) is 3.79. The van der Waals surface area contributed by atoms with Crippen LogP contribution in [0.25, 0.3) is 11.3 Å². The Kier molecular flexibility index (Phi) is 3.26. The molecule has 1 aromatic heterocycles. The van der Waals surface area contributed by atoms with E-state index in [1.54, 1.807) is 4.98 Å². The first-order valence-corrected chi connectivity index (χ1v) is 5.21. The molecule has 0 spiro atoms. The van der Waals surface area contributed by atoms with Gasteiger partial charge in [0.05, 0.1) is 10.6 Å². The van der Waals surface area contributed by atoms with E-state index in [1.807, 2.05) is 0 Å². The van der Waals surface area contributed by atoms with E-state index in [9.17, 15) is 28.1 Å². The van der Waals surface area contributed by atoms with Crippen LogP contribution < -0.4 is 5.69 Å². The van der Waals surface area contributed by atoms with Gasteiger partial charge in [-0.15, -0.1) is 0 Å². The monoisotopic (exact) mass is 285 g/mol. The van der Waals surface area contributed by atoms with Gasteiger partial charge in [-0.2, -0.15) is 18.2 Å². The summed E-state index contributed by atoms with van der Waals surface area (Å²) >= 11 is 0. The van der Waals surface area contributed by atoms with Crippen LogP contribution in [0.1, 0.15) is 5.69 Å². The van der Waals surface area contributed by atoms with E-state index in [-0.39, 0.29) is 16.9 Å². The fourth-order valence-corrected chi connectivity index (χ4v) is 1.51. The molecule has 9 heteroatoms. The van der Waals surface area contributed by atoms with E-state index >= 15 is 0 Å². The maximum absolute atomic E-state index is 12.5. The lowest BCUT2D eigenvalue weighted by atomic mass is 10.1. The minimum absolute atomic E-state index is 0.173. The first kappa shape index (κ1) is 13.7. The second-order valence-electron chi connectivity index (χ2n) is 3.79. The summed E-state index contributed by atoms with van der Waals surface area (Å²) in [4.78, 5) is 26.0. The molecule has 0 radical (unpaired) electrons. The summed E-state index contributed by atoms with van der Waals surface area (Å²) < 4.78 is 37.6. The first-order chi connectivity index (χ1) is 9.27. The molecular weight excluding hydrogens is 279 g/mol. The highest BCUT2D eigenvalue weighted by molar-refractivity contribution is 5.61. The zero-order valence-corrected chi connectivity index (χ0v) is 9.64. The fourth-order valence-electron chi connectivity index (χ4n) is 1.51. The summed E-state index contributed by atoms with van der Waals surface area (Å²) in [5.74, 6) is 0. The Balaban J connectivity index is 2.50. The van der Waals surface area contributed by atoms with E-state index in [0.29, 0.717) is 6.07 Å². The molecule has 0 aliphatic rings. The van der Waals surface area contributed by atoms with E-state index < -0.39 is 22.5 Å². The summed E-state index contributed by atoms with van der Waals surface area (Å²) in [6, 6.07) is 5.35. The lowest BCUT2D eigenvalue weighted by Crippen LogP contribution is -2.19. The number of aromatic nitrogens is 2. The molecule has 0 bridgehead atoms. The average molecular weight is 285 g/mol. The number of rotatable bonds is 2. The summed E-state index contributed by atoms with van der Waals surface area (Å²) in [5.41, 5.74) is -2.63. The molecule has 0 saturated carbocycles. The molecule has 104 valence electrons. The van der Waals surface area contributed by atoms with Crippen LogP contribution in [0.5, 0.6) is 0 Å². The Morgan fingerprint density at radius 1 is 1.20 bits per heavy atom. The van der Waals surface area contributed by atoms with Gasteiger partial charge >= 0.3 is 11.9 Å². The number of nitro benzene ring substituents is 1. The van der Waals surface area contributed by atoms with Gasteiger partial charge in [0.25, 0.3) is 5.69 Å². The molecule has 2 aromatic rings. The Morgan fingerprint density at radius 3 is 2.30 bits per heavy atom. The van der Waals surface area contributed by atoms with Crippen molar-refractivity contribution in [3.05, 3.63) is 56.6 Å². The van der Waals surface area contributed by atoms with Gasteiger partial charge in [0.15, 0.2) is 0 Å². The Labute approximate surface area is 109 Å². The number of alkyl halides is 3. The number of benzene rings is 1. The molecule has 0 unspecified atom stereocenters. The number of nitrogens with one attached hydrogen (secondary N) is 1. The number of nitro groups is 1. The summed E-state index contributed by atoms with van der Waals surface area (Å²) in [6.07, 6.45) is -4.71. The highest BCUT2D eigenvalue weighted by atomic mass is 19.4. The average Bonchev–Trinajstić information content (AvgIpc) is 2.37. The Morgan fingerprint density at radius 2 is 1.80 bits per heavy atom.